The third kappa shape index (κ3) is 2.61. The molecule has 0 aliphatic heterocycles. The predicted octanol–water partition coefficient (Wildman–Crippen LogP) is 0.733. The molecule has 1 aromatic heterocycles. The summed E-state index contributed by atoms with van der Waals surface area (Å²) in [5.74, 6) is -0.274. The molecule has 1 N–H and O–H groups in total. The SMILES string of the molecule is CCNC(C)(Cn1nccc1C)C(=O)OC. The molecule has 0 fully saturated rings. The average molecular weight is 225 g/mol. The Bertz CT molecular complexity index is 362. The van der Waals surface area contributed by atoms with E-state index < -0.39 is 5.54 Å². The molecule has 16 heavy (non-hydrogen) atoms. The molecule has 1 heterocycles. The van der Waals surface area contributed by atoms with Gasteiger partial charge in [0, 0.05) is 11.9 Å². The van der Waals surface area contributed by atoms with Gasteiger partial charge in [-0.25, -0.2) is 4.79 Å². The number of nitrogens with zero attached hydrogens (tertiary/aromatic N) is 2. The van der Waals surface area contributed by atoms with Crippen LogP contribution in [0.2, 0.25) is 0 Å². The Balaban J connectivity index is 2.87. The maximum absolute atomic E-state index is 11.7. The van der Waals surface area contributed by atoms with Crippen LogP contribution in [0.3, 0.4) is 0 Å². The molecule has 0 aliphatic rings. The fraction of sp³-hybridized carbons (Fsp3) is 0.636. The molecule has 0 bridgehead atoms. The quantitative estimate of drug-likeness (QED) is 0.751. The summed E-state index contributed by atoms with van der Waals surface area (Å²) in [6, 6.07) is 1.91. The molecular formula is C11H19N3O2. The van der Waals surface area contributed by atoms with Gasteiger partial charge in [0.1, 0.15) is 5.54 Å². The highest BCUT2D eigenvalue weighted by atomic mass is 16.5. The molecule has 0 saturated heterocycles. The topological polar surface area (TPSA) is 56.2 Å². The molecule has 5 heteroatoms. The lowest BCUT2D eigenvalue weighted by atomic mass is 10.0. The molecule has 1 rings (SSSR count). The Kier molecular flexibility index (Phi) is 4.06. The van der Waals surface area contributed by atoms with Gasteiger partial charge < -0.3 is 10.1 Å². The maximum Gasteiger partial charge on any atom is 0.327 e. The summed E-state index contributed by atoms with van der Waals surface area (Å²) in [6.07, 6.45) is 1.72. The summed E-state index contributed by atoms with van der Waals surface area (Å²) < 4.78 is 6.61. The Morgan fingerprint density at radius 1 is 1.69 bits per heavy atom. The van der Waals surface area contributed by atoms with Crippen LogP contribution >= 0.6 is 0 Å². The van der Waals surface area contributed by atoms with Gasteiger partial charge in [0.15, 0.2) is 0 Å². The fourth-order valence-electron chi connectivity index (χ4n) is 1.67. The van der Waals surface area contributed by atoms with Crippen molar-refractivity contribution in [1.82, 2.24) is 15.1 Å². The van der Waals surface area contributed by atoms with Gasteiger partial charge in [0.25, 0.3) is 0 Å². The fourth-order valence-corrected chi connectivity index (χ4v) is 1.67. The minimum absolute atomic E-state index is 0.274. The number of methoxy groups -OCH3 is 1. The van der Waals surface area contributed by atoms with Crippen LogP contribution in [0.25, 0.3) is 0 Å². The van der Waals surface area contributed by atoms with Crippen molar-refractivity contribution in [2.45, 2.75) is 32.9 Å². The Morgan fingerprint density at radius 2 is 2.38 bits per heavy atom. The van der Waals surface area contributed by atoms with Crippen LogP contribution in [-0.2, 0) is 16.1 Å². The van der Waals surface area contributed by atoms with Crippen LogP contribution in [0.4, 0.5) is 0 Å². The van der Waals surface area contributed by atoms with E-state index >= 15 is 0 Å². The van der Waals surface area contributed by atoms with Crippen molar-refractivity contribution in [1.29, 1.82) is 0 Å². The van der Waals surface area contributed by atoms with Gasteiger partial charge in [0.2, 0.25) is 0 Å². The summed E-state index contributed by atoms with van der Waals surface area (Å²) in [6.45, 7) is 6.90. The van der Waals surface area contributed by atoms with Crippen LogP contribution in [0.15, 0.2) is 12.3 Å². The lowest BCUT2D eigenvalue weighted by Crippen LogP contribution is -2.53. The number of carbonyl (C=O) groups is 1. The predicted molar refractivity (Wildman–Crippen MR) is 61.1 cm³/mol. The second kappa shape index (κ2) is 5.12. The minimum Gasteiger partial charge on any atom is -0.468 e. The molecule has 1 atom stereocenters. The average Bonchev–Trinajstić information content (AvgIpc) is 2.63. The van der Waals surface area contributed by atoms with Crippen molar-refractivity contribution in [3.8, 4) is 0 Å². The lowest BCUT2D eigenvalue weighted by Gasteiger charge is -2.27. The first-order chi connectivity index (χ1) is 7.53. The molecule has 0 amide bonds. The first-order valence-corrected chi connectivity index (χ1v) is 5.35. The number of esters is 1. The van der Waals surface area contributed by atoms with E-state index in [9.17, 15) is 4.79 Å². The van der Waals surface area contributed by atoms with Gasteiger partial charge >= 0.3 is 5.97 Å². The van der Waals surface area contributed by atoms with Crippen molar-refractivity contribution in [3.05, 3.63) is 18.0 Å². The number of ether oxygens (including phenoxy) is 1. The van der Waals surface area contributed by atoms with Gasteiger partial charge in [-0.3, -0.25) is 4.68 Å². The van der Waals surface area contributed by atoms with E-state index in [0.29, 0.717) is 13.1 Å². The summed E-state index contributed by atoms with van der Waals surface area (Å²) >= 11 is 0. The molecule has 0 radical (unpaired) electrons. The summed E-state index contributed by atoms with van der Waals surface area (Å²) in [7, 11) is 1.40. The first kappa shape index (κ1) is 12.7. The number of nitrogens with one attached hydrogen (secondary N) is 1. The molecular weight excluding hydrogens is 206 g/mol. The number of likely N-dealkylation sites (N-methyl/N-ethyl adjacent to an activating group) is 1. The standard InChI is InChI=1S/C11H19N3O2/c1-5-12-11(3,10(15)16-4)8-14-9(2)6-7-13-14/h6-7,12H,5,8H2,1-4H3. The van der Waals surface area contributed by atoms with Crippen molar-refractivity contribution >= 4 is 5.97 Å². The second-order valence-corrected chi connectivity index (χ2v) is 3.98. The van der Waals surface area contributed by atoms with Crippen molar-refractivity contribution in [2.75, 3.05) is 13.7 Å². The number of hydrogen-bond acceptors (Lipinski definition) is 4. The van der Waals surface area contributed by atoms with Gasteiger partial charge in [-0.1, -0.05) is 6.92 Å². The van der Waals surface area contributed by atoms with E-state index in [1.54, 1.807) is 10.9 Å². The molecule has 1 unspecified atom stereocenters. The third-order valence-electron chi connectivity index (χ3n) is 2.60. The zero-order chi connectivity index (χ0) is 12.2. The maximum atomic E-state index is 11.7. The third-order valence-corrected chi connectivity index (χ3v) is 2.60. The number of hydrogen-bond donors (Lipinski definition) is 1. The Labute approximate surface area is 95.8 Å². The number of aryl methyl sites for hydroxylation is 1. The number of aromatic nitrogens is 2. The second-order valence-electron chi connectivity index (χ2n) is 3.98. The summed E-state index contributed by atoms with van der Waals surface area (Å²) in [5, 5.41) is 7.31. The van der Waals surface area contributed by atoms with Crippen LogP contribution < -0.4 is 5.32 Å². The molecule has 0 aromatic carbocycles. The summed E-state index contributed by atoms with van der Waals surface area (Å²) in [4.78, 5) is 11.7. The molecule has 90 valence electrons. The van der Waals surface area contributed by atoms with Gasteiger partial charge in [-0.2, -0.15) is 5.10 Å². The van der Waals surface area contributed by atoms with Crippen molar-refractivity contribution < 1.29 is 9.53 Å². The largest absolute Gasteiger partial charge is 0.468 e. The van der Waals surface area contributed by atoms with Gasteiger partial charge in [0.05, 0.1) is 13.7 Å². The van der Waals surface area contributed by atoms with Crippen LogP contribution in [0, 0.1) is 6.92 Å². The van der Waals surface area contributed by atoms with Crippen LogP contribution in [0.5, 0.6) is 0 Å². The molecule has 0 aliphatic carbocycles. The zero-order valence-electron chi connectivity index (χ0n) is 10.3. The van der Waals surface area contributed by atoms with E-state index in [-0.39, 0.29) is 5.97 Å². The highest BCUT2D eigenvalue weighted by Gasteiger charge is 2.34. The lowest BCUT2D eigenvalue weighted by molar-refractivity contribution is -0.148. The van der Waals surface area contributed by atoms with E-state index in [1.165, 1.54) is 7.11 Å². The summed E-state index contributed by atoms with van der Waals surface area (Å²) in [5.41, 5.74) is 0.285. The molecule has 1 aromatic rings. The monoisotopic (exact) mass is 225 g/mol. The van der Waals surface area contributed by atoms with E-state index in [0.717, 1.165) is 5.69 Å². The van der Waals surface area contributed by atoms with E-state index in [4.69, 9.17) is 4.74 Å². The Hall–Kier alpha value is -1.36. The number of carbonyl (C=O) groups excluding carboxylic acids is 1. The minimum atomic E-state index is -0.736. The van der Waals surface area contributed by atoms with E-state index in [1.807, 2.05) is 26.8 Å². The molecule has 0 spiro atoms. The van der Waals surface area contributed by atoms with Gasteiger partial charge in [-0.05, 0) is 26.5 Å². The smallest absolute Gasteiger partial charge is 0.327 e. The van der Waals surface area contributed by atoms with Crippen molar-refractivity contribution in [3.63, 3.8) is 0 Å². The molecule has 5 nitrogen and oxygen atoms in total. The van der Waals surface area contributed by atoms with Crippen LogP contribution in [-0.4, -0.2) is 34.9 Å². The number of rotatable bonds is 5. The first-order valence-electron chi connectivity index (χ1n) is 5.35. The normalized spacial score (nSPS) is 14.5. The molecule has 0 saturated carbocycles. The van der Waals surface area contributed by atoms with Gasteiger partial charge in [-0.15, -0.1) is 0 Å². The van der Waals surface area contributed by atoms with Crippen molar-refractivity contribution in [2.24, 2.45) is 0 Å². The Morgan fingerprint density at radius 3 is 2.81 bits per heavy atom. The van der Waals surface area contributed by atoms with Crippen LogP contribution in [0.1, 0.15) is 19.5 Å². The highest BCUT2D eigenvalue weighted by molar-refractivity contribution is 5.80. The highest BCUT2D eigenvalue weighted by Crippen LogP contribution is 2.11. The van der Waals surface area contributed by atoms with E-state index in [2.05, 4.69) is 10.4 Å². The zero-order valence-corrected chi connectivity index (χ0v) is 10.3.